The summed E-state index contributed by atoms with van der Waals surface area (Å²) in [4.78, 5) is 37.7. The van der Waals surface area contributed by atoms with Crippen LogP contribution in [0.3, 0.4) is 0 Å². The van der Waals surface area contributed by atoms with Crippen LogP contribution in [0.25, 0.3) is 11.5 Å². The molecule has 0 aliphatic heterocycles. The minimum absolute atomic E-state index is 0.0138. The molecule has 0 atom stereocenters. The first-order valence-electron chi connectivity index (χ1n) is 6.22. The molecule has 0 radical (unpaired) electrons. The van der Waals surface area contributed by atoms with Crippen LogP contribution in [0.4, 0.5) is 5.95 Å². The van der Waals surface area contributed by atoms with Gasteiger partial charge in [0.1, 0.15) is 5.69 Å². The predicted molar refractivity (Wildman–Crippen MR) is 79.0 cm³/mol. The summed E-state index contributed by atoms with van der Waals surface area (Å²) in [5.41, 5.74) is -0.333. The van der Waals surface area contributed by atoms with E-state index >= 15 is 0 Å². The SMILES string of the molecule is C=CCN(N)c1nc(-c2ncccc2C(=O)OC)[nH]c(=O)n1. The molecule has 9 nitrogen and oxygen atoms in total. The van der Waals surface area contributed by atoms with E-state index in [0.29, 0.717) is 0 Å². The molecule has 22 heavy (non-hydrogen) atoms. The fourth-order valence-corrected chi connectivity index (χ4v) is 1.70. The molecular formula is C13H14N6O3. The number of esters is 1. The van der Waals surface area contributed by atoms with E-state index in [1.807, 2.05) is 0 Å². The van der Waals surface area contributed by atoms with E-state index < -0.39 is 11.7 Å². The molecule has 2 aromatic heterocycles. The number of nitrogens with two attached hydrogens (primary N) is 1. The molecule has 3 N–H and O–H groups in total. The van der Waals surface area contributed by atoms with Crippen LogP contribution < -0.4 is 16.5 Å². The van der Waals surface area contributed by atoms with Gasteiger partial charge in [-0.1, -0.05) is 6.08 Å². The lowest BCUT2D eigenvalue weighted by Crippen LogP contribution is -2.34. The van der Waals surface area contributed by atoms with Crippen molar-refractivity contribution in [2.24, 2.45) is 5.84 Å². The summed E-state index contributed by atoms with van der Waals surface area (Å²) < 4.78 is 4.68. The molecule has 0 fully saturated rings. The van der Waals surface area contributed by atoms with Gasteiger partial charge in [-0.05, 0) is 12.1 Å². The highest BCUT2D eigenvalue weighted by molar-refractivity contribution is 5.95. The summed E-state index contributed by atoms with van der Waals surface area (Å²) >= 11 is 0. The monoisotopic (exact) mass is 302 g/mol. The molecule has 0 saturated heterocycles. The fraction of sp³-hybridized carbons (Fsp3) is 0.154. The van der Waals surface area contributed by atoms with E-state index in [2.05, 4.69) is 31.3 Å². The van der Waals surface area contributed by atoms with E-state index in [9.17, 15) is 9.59 Å². The lowest BCUT2D eigenvalue weighted by molar-refractivity contribution is 0.0601. The highest BCUT2D eigenvalue weighted by atomic mass is 16.5. The number of carbonyl (C=O) groups is 1. The van der Waals surface area contributed by atoms with E-state index in [1.54, 1.807) is 6.07 Å². The minimum atomic E-state index is -0.666. The van der Waals surface area contributed by atoms with Crippen molar-refractivity contribution in [3.63, 3.8) is 0 Å². The maximum Gasteiger partial charge on any atom is 0.349 e. The molecule has 0 aromatic carbocycles. The standard InChI is InChI=1S/C13H14N6O3/c1-3-7-19(14)12-16-10(17-13(21)18-12)9-8(11(20)22-2)5-4-6-15-9/h3-6H,1,7,14H2,2H3,(H,16,17,18,21). The largest absolute Gasteiger partial charge is 0.465 e. The van der Waals surface area contributed by atoms with E-state index in [1.165, 1.54) is 25.4 Å². The Kier molecular flexibility index (Phi) is 4.59. The zero-order valence-electron chi connectivity index (χ0n) is 11.8. The molecule has 0 saturated carbocycles. The summed E-state index contributed by atoms with van der Waals surface area (Å²) in [6.07, 6.45) is 3.00. The third kappa shape index (κ3) is 3.15. The molecular weight excluding hydrogens is 288 g/mol. The second-order valence-corrected chi connectivity index (χ2v) is 4.13. The van der Waals surface area contributed by atoms with Crippen molar-refractivity contribution in [1.29, 1.82) is 0 Å². The highest BCUT2D eigenvalue weighted by Gasteiger charge is 2.17. The Morgan fingerprint density at radius 2 is 2.32 bits per heavy atom. The van der Waals surface area contributed by atoms with Crippen LogP contribution in [0.1, 0.15) is 10.4 Å². The maximum absolute atomic E-state index is 11.8. The Bertz CT molecular complexity index is 757. The van der Waals surface area contributed by atoms with Crippen molar-refractivity contribution in [1.82, 2.24) is 19.9 Å². The Hall–Kier alpha value is -3.07. The number of aromatic nitrogens is 4. The Morgan fingerprint density at radius 3 is 3.00 bits per heavy atom. The maximum atomic E-state index is 11.8. The quantitative estimate of drug-likeness (QED) is 0.339. The number of hydrogen-bond acceptors (Lipinski definition) is 8. The van der Waals surface area contributed by atoms with Gasteiger partial charge in [0.25, 0.3) is 0 Å². The summed E-state index contributed by atoms with van der Waals surface area (Å²) in [6, 6.07) is 3.08. The zero-order valence-corrected chi connectivity index (χ0v) is 11.8. The van der Waals surface area contributed by atoms with Gasteiger partial charge in [0.05, 0.1) is 19.2 Å². The number of carbonyl (C=O) groups excluding carboxylic acids is 1. The van der Waals surface area contributed by atoms with Gasteiger partial charge in [-0.3, -0.25) is 15.0 Å². The Balaban J connectivity index is 2.56. The molecule has 2 aromatic rings. The Morgan fingerprint density at radius 1 is 1.55 bits per heavy atom. The number of nitrogens with zero attached hydrogens (tertiary/aromatic N) is 4. The van der Waals surface area contributed by atoms with Crippen molar-refractivity contribution in [3.8, 4) is 11.5 Å². The third-order valence-electron chi connectivity index (χ3n) is 2.66. The second-order valence-electron chi connectivity index (χ2n) is 4.13. The lowest BCUT2D eigenvalue weighted by Gasteiger charge is -2.14. The third-order valence-corrected chi connectivity index (χ3v) is 2.66. The summed E-state index contributed by atoms with van der Waals surface area (Å²) in [5, 5.41) is 1.15. The number of ether oxygens (including phenoxy) is 1. The average molecular weight is 302 g/mol. The molecule has 9 heteroatoms. The molecule has 2 rings (SSSR count). The van der Waals surface area contributed by atoms with Crippen LogP contribution in [0.2, 0.25) is 0 Å². The zero-order chi connectivity index (χ0) is 16.1. The first-order chi connectivity index (χ1) is 10.6. The minimum Gasteiger partial charge on any atom is -0.465 e. The van der Waals surface area contributed by atoms with Gasteiger partial charge in [0.2, 0.25) is 5.95 Å². The number of aromatic amines is 1. The predicted octanol–water partition coefficient (Wildman–Crippen LogP) is -0.120. The normalized spacial score (nSPS) is 10.1. The van der Waals surface area contributed by atoms with E-state index in [0.717, 1.165) is 5.01 Å². The van der Waals surface area contributed by atoms with Gasteiger partial charge >= 0.3 is 11.7 Å². The van der Waals surface area contributed by atoms with Crippen molar-refractivity contribution < 1.29 is 9.53 Å². The summed E-state index contributed by atoms with van der Waals surface area (Å²) in [6.45, 7) is 3.79. The van der Waals surface area contributed by atoms with Crippen molar-refractivity contribution in [2.75, 3.05) is 18.7 Å². The first kappa shape index (κ1) is 15.3. The smallest absolute Gasteiger partial charge is 0.349 e. The van der Waals surface area contributed by atoms with Crippen LogP contribution in [0, 0.1) is 0 Å². The second kappa shape index (κ2) is 6.59. The van der Waals surface area contributed by atoms with Crippen LogP contribution in [0.5, 0.6) is 0 Å². The van der Waals surface area contributed by atoms with Gasteiger partial charge in [0.15, 0.2) is 5.82 Å². The molecule has 0 spiro atoms. The number of rotatable bonds is 5. The summed E-state index contributed by atoms with van der Waals surface area (Å²) in [5.74, 6) is 5.17. The number of nitrogens with one attached hydrogen (secondary N) is 1. The molecule has 0 aliphatic carbocycles. The van der Waals surface area contributed by atoms with Crippen LogP contribution in [-0.2, 0) is 4.74 Å². The van der Waals surface area contributed by atoms with Gasteiger partial charge in [-0.2, -0.15) is 9.97 Å². The fourth-order valence-electron chi connectivity index (χ4n) is 1.70. The first-order valence-corrected chi connectivity index (χ1v) is 6.22. The average Bonchev–Trinajstić information content (AvgIpc) is 2.53. The van der Waals surface area contributed by atoms with Crippen LogP contribution in [0.15, 0.2) is 35.8 Å². The molecule has 2 heterocycles. The topological polar surface area (TPSA) is 127 Å². The Labute approximate surface area is 125 Å². The van der Waals surface area contributed by atoms with E-state index in [4.69, 9.17) is 5.84 Å². The van der Waals surface area contributed by atoms with Gasteiger partial charge in [-0.15, -0.1) is 6.58 Å². The number of pyridine rings is 1. The van der Waals surface area contributed by atoms with Crippen LogP contribution >= 0.6 is 0 Å². The van der Waals surface area contributed by atoms with Crippen molar-refractivity contribution in [2.45, 2.75) is 0 Å². The van der Waals surface area contributed by atoms with Gasteiger partial charge in [-0.25, -0.2) is 15.4 Å². The van der Waals surface area contributed by atoms with Gasteiger partial charge in [0, 0.05) is 6.20 Å². The number of hydrazine groups is 1. The van der Waals surface area contributed by atoms with Crippen molar-refractivity contribution >= 4 is 11.9 Å². The lowest BCUT2D eigenvalue weighted by atomic mass is 10.2. The molecule has 0 bridgehead atoms. The number of methoxy groups -OCH3 is 1. The molecule has 0 unspecified atom stereocenters. The summed E-state index contributed by atoms with van der Waals surface area (Å²) in [7, 11) is 1.25. The van der Waals surface area contributed by atoms with Gasteiger partial charge < -0.3 is 4.74 Å². The molecule has 0 aliphatic rings. The molecule has 114 valence electrons. The van der Waals surface area contributed by atoms with Crippen LogP contribution in [-0.4, -0.2) is 39.6 Å². The molecule has 0 amide bonds. The van der Waals surface area contributed by atoms with Crippen molar-refractivity contribution in [3.05, 3.63) is 47.0 Å². The number of anilines is 1. The number of H-pyrrole nitrogens is 1. The highest BCUT2D eigenvalue weighted by Crippen LogP contribution is 2.18. The van der Waals surface area contributed by atoms with E-state index in [-0.39, 0.29) is 29.6 Å². The number of hydrogen-bond donors (Lipinski definition) is 2.